The van der Waals surface area contributed by atoms with E-state index >= 15 is 0 Å². The van der Waals surface area contributed by atoms with E-state index in [0.717, 1.165) is 0 Å². The van der Waals surface area contributed by atoms with Crippen molar-refractivity contribution >= 4 is 11.9 Å². The number of morpholine rings is 1. The van der Waals surface area contributed by atoms with Gasteiger partial charge in [0.2, 0.25) is 11.9 Å². The number of hydrogen-bond acceptors (Lipinski definition) is 6. The highest BCUT2D eigenvalue weighted by atomic mass is 19.4. The van der Waals surface area contributed by atoms with Crippen LogP contribution in [0.3, 0.4) is 0 Å². The van der Waals surface area contributed by atoms with Crippen LogP contribution < -0.4 is 20.5 Å². The summed E-state index contributed by atoms with van der Waals surface area (Å²) in [5.41, 5.74) is 1.36. The number of alkyl halides is 3. The van der Waals surface area contributed by atoms with Crippen LogP contribution in [-0.4, -0.2) is 48.5 Å². The third-order valence-corrected chi connectivity index (χ3v) is 4.77. The Kier molecular flexibility index (Phi) is 7.16. The van der Waals surface area contributed by atoms with Crippen molar-refractivity contribution in [1.82, 2.24) is 15.3 Å². The van der Waals surface area contributed by atoms with Crippen molar-refractivity contribution < 1.29 is 27.4 Å². The van der Waals surface area contributed by atoms with Crippen molar-refractivity contribution in [2.75, 3.05) is 31.2 Å². The van der Waals surface area contributed by atoms with Crippen molar-refractivity contribution in [2.45, 2.75) is 32.7 Å². The van der Waals surface area contributed by atoms with Crippen LogP contribution >= 0.6 is 0 Å². The summed E-state index contributed by atoms with van der Waals surface area (Å²) in [4.78, 5) is 33.8. The molecule has 168 valence electrons. The Labute approximate surface area is 176 Å². The van der Waals surface area contributed by atoms with E-state index in [1.165, 1.54) is 24.3 Å². The smallest absolute Gasteiger partial charge is 0.406 e. The topological polar surface area (TPSA) is 96.6 Å². The van der Waals surface area contributed by atoms with Crippen LogP contribution in [-0.2, 0) is 22.5 Å². The summed E-state index contributed by atoms with van der Waals surface area (Å²) in [6, 6.07) is 5.23. The number of nitrogens with zero attached hydrogens (tertiary/aromatic N) is 2. The van der Waals surface area contributed by atoms with E-state index in [-0.39, 0.29) is 36.6 Å². The van der Waals surface area contributed by atoms with Crippen molar-refractivity contribution in [1.29, 1.82) is 0 Å². The Balaban J connectivity index is 1.51. The SMILES string of the molecule is Cc1nc(N2CCOCC2)[nH]c(=O)c1CCC(=O)NCc1ccc(OC(F)(F)F)cc1. The maximum Gasteiger partial charge on any atom is 0.573 e. The number of rotatable bonds is 7. The van der Waals surface area contributed by atoms with E-state index in [1.807, 2.05) is 4.90 Å². The summed E-state index contributed by atoms with van der Waals surface area (Å²) in [5.74, 6) is -0.117. The molecule has 8 nitrogen and oxygen atoms in total. The van der Waals surface area contributed by atoms with Gasteiger partial charge in [0.05, 0.1) is 13.2 Å². The Bertz CT molecular complexity index is 954. The molecule has 2 heterocycles. The van der Waals surface area contributed by atoms with Gasteiger partial charge in [0, 0.05) is 37.3 Å². The van der Waals surface area contributed by atoms with Crippen molar-refractivity contribution in [3.63, 3.8) is 0 Å². The zero-order chi connectivity index (χ0) is 22.4. The molecule has 0 radical (unpaired) electrons. The molecule has 0 atom stereocenters. The molecule has 0 unspecified atom stereocenters. The van der Waals surface area contributed by atoms with Crippen molar-refractivity contribution in [3.05, 3.63) is 51.4 Å². The molecule has 2 N–H and O–H groups in total. The second-order valence-corrected chi connectivity index (χ2v) is 7.02. The number of hydrogen-bond donors (Lipinski definition) is 2. The van der Waals surface area contributed by atoms with Crippen LogP contribution in [0.4, 0.5) is 19.1 Å². The lowest BCUT2D eigenvalue weighted by Crippen LogP contribution is -2.38. The first-order chi connectivity index (χ1) is 14.7. The summed E-state index contributed by atoms with van der Waals surface area (Å²) in [6.07, 6.45) is -4.44. The molecular formula is C20H23F3N4O4. The standard InChI is InChI=1S/C20H23F3N4O4/c1-13-16(18(29)26-19(25-13)27-8-10-30-11-9-27)6-7-17(28)24-12-14-2-4-15(5-3-14)31-20(21,22)23/h2-5H,6-12H2,1H3,(H,24,28)(H,25,26,29). The minimum absolute atomic E-state index is 0.0811. The summed E-state index contributed by atoms with van der Waals surface area (Å²) in [7, 11) is 0. The molecule has 1 aliphatic heterocycles. The van der Waals surface area contributed by atoms with Crippen LogP contribution in [0.1, 0.15) is 23.2 Å². The highest BCUT2D eigenvalue weighted by Crippen LogP contribution is 2.22. The normalized spacial score (nSPS) is 14.4. The second kappa shape index (κ2) is 9.82. The van der Waals surface area contributed by atoms with E-state index in [4.69, 9.17) is 4.74 Å². The van der Waals surface area contributed by atoms with E-state index in [2.05, 4.69) is 20.0 Å². The first-order valence-corrected chi connectivity index (χ1v) is 9.75. The van der Waals surface area contributed by atoms with Gasteiger partial charge in [-0.05, 0) is 31.0 Å². The number of carbonyl (C=O) groups excluding carboxylic acids is 1. The van der Waals surface area contributed by atoms with Gasteiger partial charge < -0.3 is 19.7 Å². The summed E-state index contributed by atoms with van der Waals surface area (Å²) in [5, 5.41) is 2.68. The molecule has 1 aromatic heterocycles. The summed E-state index contributed by atoms with van der Waals surface area (Å²) < 4.78 is 45.6. The van der Waals surface area contributed by atoms with Crippen molar-refractivity contribution in [2.24, 2.45) is 0 Å². The maximum atomic E-state index is 12.4. The molecule has 1 saturated heterocycles. The van der Waals surface area contributed by atoms with Gasteiger partial charge >= 0.3 is 6.36 Å². The van der Waals surface area contributed by atoms with Gasteiger partial charge in [0.25, 0.3) is 5.56 Å². The van der Waals surface area contributed by atoms with Crippen LogP contribution in [0, 0.1) is 6.92 Å². The van der Waals surface area contributed by atoms with Gasteiger partial charge in [-0.1, -0.05) is 12.1 Å². The number of amides is 1. The Morgan fingerprint density at radius 1 is 1.26 bits per heavy atom. The second-order valence-electron chi connectivity index (χ2n) is 7.02. The summed E-state index contributed by atoms with van der Waals surface area (Å²) in [6.45, 7) is 4.32. The first kappa shape index (κ1) is 22.6. The number of anilines is 1. The number of aromatic amines is 1. The lowest BCUT2D eigenvalue weighted by atomic mass is 10.1. The molecule has 1 fully saturated rings. The third-order valence-electron chi connectivity index (χ3n) is 4.77. The molecular weight excluding hydrogens is 417 g/mol. The van der Waals surface area contributed by atoms with Crippen LogP contribution in [0.25, 0.3) is 0 Å². The highest BCUT2D eigenvalue weighted by Gasteiger charge is 2.30. The molecule has 11 heteroatoms. The van der Waals surface area contributed by atoms with Gasteiger partial charge in [0.15, 0.2) is 0 Å². The number of carbonyl (C=O) groups is 1. The summed E-state index contributed by atoms with van der Waals surface area (Å²) >= 11 is 0. The lowest BCUT2D eigenvalue weighted by molar-refractivity contribution is -0.274. The molecule has 0 saturated carbocycles. The molecule has 31 heavy (non-hydrogen) atoms. The fourth-order valence-corrected chi connectivity index (χ4v) is 3.15. The third kappa shape index (κ3) is 6.71. The number of H-pyrrole nitrogens is 1. The van der Waals surface area contributed by atoms with Crippen LogP contribution in [0.2, 0.25) is 0 Å². The molecule has 1 aliphatic rings. The highest BCUT2D eigenvalue weighted by molar-refractivity contribution is 5.76. The van der Waals surface area contributed by atoms with Crippen molar-refractivity contribution in [3.8, 4) is 5.75 Å². The average Bonchev–Trinajstić information content (AvgIpc) is 2.72. The fourth-order valence-electron chi connectivity index (χ4n) is 3.15. The lowest BCUT2D eigenvalue weighted by Gasteiger charge is -2.27. The minimum Gasteiger partial charge on any atom is -0.406 e. The van der Waals surface area contributed by atoms with Crippen LogP contribution in [0.15, 0.2) is 29.1 Å². The molecule has 1 amide bonds. The van der Waals surface area contributed by atoms with Gasteiger partial charge in [-0.25, -0.2) is 4.98 Å². The van der Waals surface area contributed by atoms with Gasteiger partial charge in [-0.15, -0.1) is 13.2 Å². The number of nitrogens with one attached hydrogen (secondary N) is 2. The zero-order valence-corrected chi connectivity index (χ0v) is 16.9. The average molecular weight is 440 g/mol. The molecule has 0 bridgehead atoms. The molecule has 0 spiro atoms. The maximum absolute atomic E-state index is 12.4. The number of benzene rings is 1. The predicted molar refractivity (Wildman–Crippen MR) is 106 cm³/mol. The Hall–Kier alpha value is -3.08. The number of halogens is 3. The van der Waals surface area contributed by atoms with E-state index < -0.39 is 6.36 Å². The van der Waals surface area contributed by atoms with Gasteiger partial charge in [-0.3, -0.25) is 14.6 Å². The predicted octanol–water partition coefficient (Wildman–Crippen LogP) is 2.06. The molecule has 0 aliphatic carbocycles. The minimum atomic E-state index is -4.75. The van der Waals surface area contributed by atoms with Gasteiger partial charge in [0.1, 0.15) is 5.75 Å². The van der Waals surface area contributed by atoms with E-state index in [1.54, 1.807) is 6.92 Å². The number of aryl methyl sites for hydroxylation is 1. The number of ether oxygens (including phenoxy) is 2. The quantitative estimate of drug-likeness (QED) is 0.684. The molecule has 2 aromatic rings. The monoisotopic (exact) mass is 440 g/mol. The zero-order valence-electron chi connectivity index (χ0n) is 16.9. The Morgan fingerprint density at radius 3 is 2.55 bits per heavy atom. The van der Waals surface area contributed by atoms with E-state index in [9.17, 15) is 22.8 Å². The van der Waals surface area contributed by atoms with E-state index in [0.29, 0.717) is 49.1 Å². The fraction of sp³-hybridized carbons (Fsp3) is 0.450. The Morgan fingerprint density at radius 2 is 1.94 bits per heavy atom. The number of aromatic nitrogens is 2. The molecule has 3 rings (SSSR count). The first-order valence-electron chi connectivity index (χ1n) is 9.75. The largest absolute Gasteiger partial charge is 0.573 e. The van der Waals surface area contributed by atoms with Gasteiger partial charge in [-0.2, -0.15) is 0 Å². The van der Waals surface area contributed by atoms with Crippen LogP contribution in [0.5, 0.6) is 5.75 Å². The molecule has 1 aromatic carbocycles.